The van der Waals surface area contributed by atoms with Crippen LogP contribution in [-0.2, 0) is 4.74 Å². The molecule has 4 nitrogen and oxygen atoms in total. The summed E-state index contributed by atoms with van der Waals surface area (Å²) in [4.78, 5) is 17.4. The Bertz CT molecular complexity index is 694. The number of halogens is 2. The second-order valence-corrected chi connectivity index (χ2v) is 8.86. The molecule has 2 saturated heterocycles. The van der Waals surface area contributed by atoms with Gasteiger partial charge in [-0.15, -0.1) is 0 Å². The van der Waals surface area contributed by atoms with Crippen LogP contribution in [0.4, 0.5) is 8.78 Å². The van der Waals surface area contributed by atoms with Crippen LogP contribution < -0.4 is 0 Å². The van der Waals surface area contributed by atoms with Crippen LogP contribution in [0.25, 0.3) is 0 Å². The molecular formula is C23H32F2N2O2. The minimum atomic E-state index is -1.05. The van der Waals surface area contributed by atoms with E-state index in [4.69, 9.17) is 4.74 Å². The molecule has 29 heavy (non-hydrogen) atoms. The van der Waals surface area contributed by atoms with E-state index in [-0.39, 0.29) is 11.7 Å². The first-order chi connectivity index (χ1) is 14.1. The molecule has 0 radical (unpaired) electrons. The van der Waals surface area contributed by atoms with Gasteiger partial charge in [0.15, 0.2) is 11.6 Å². The lowest BCUT2D eigenvalue weighted by atomic mass is 9.94. The third kappa shape index (κ3) is 4.97. The van der Waals surface area contributed by atoms with Gasteiger partial charge in [-0.25, -0.2) is 8.78 Å². The number of ether oxygens (including phenoxy) is 1. The zero-order chi connectivity index (χ0) is 20.2. The Balaban J connectivity index is 1.41. The van der Waals surface area contributed by atoms with Gasteiger partial charge in [0.25, 0.3) is 5.91 Å². The number of benzene rings is 1. The van der Waals surface area contributed by atoms with Crippen LogP contribution in [0.2, 0.25) is 0 Å². The summed E-state index contributed by atoms with van der Waals surface area (Å²) in [5.74, 6) is -2.05. The van der Waals surface area contributed by atoms with E-state index < -0.39 is 17.5 Å². The lowest BCUT2D eigenvalue weighted by Gasteiger charge is -2.38. The van der Waals surface area contributed by atoms with Crippen LogP contribution in [0.15, 0.2) is 18.2 Å². The van der Waals surface area contributed by atoms with Gasteiger partial charge in [-0.1, -0.05) is 18.9 Å². The van der Waals surface area contributed by atoms with Crippen molar-refractivity contribution in [3.05, 3.63) is 35.4 Å². The molecule has 1 aromatic carbocycles. The molecule has 6 heteroatoms. The standard InChI is InChI=1S/C23H32F2N2O2/c24-21-9-3-8-20(22(21)25)23(28)27(16-19-7-4-14-29-19)15-17-10-12-26(13-11-17)18-5-1-2-6-18/h3,8-9,17-19H,1-2,4-7,10-16H2/t19-/m1/s1. The molecule has 3 fully saturated rings. The maximum atomic E-state index is 14.3. The van der Waals surface area contributed by atoms with Crippen LogP contribution in [-0.4, -0.2) is 60.6 Å². The molecule has 0 bridgehead atoms. The van der Waals surface area contributed by atoms with Gasteiger partial charge in [0, 0.05) is 25.7 Å². The number of hydrogen-bond donors (Lipinski definition) is 0. The van der Waals surface area contributed by atoms with E-state index in [9.17, 15) is 13.6 Å². The highest BCUT2D eigenvalue weighted by atomic mass is 19.2. The molecule has 2 aliphatic heterocycles. The van der Waals surface area contributed by atoms with E-state index in [1.807, 2.05) is 0 Å². The fourth-order valence-corrected chi connectivity index (χ4v) is 5.20. The maximum absolute atomic E-state index is 14.3. The van der Waals surface area contributed by atoms with Gasteiger partial charge in [-0.3, -0.25) is 4.79 Å². The summed E-state index contributed by atoms with van der Waals surface area (Å²) in [7, 11) is 0. The van der Waals surface area contributed by atoms with E-state index in [2.05, 4.69) is 4.90 Å². The minimum absolute atomic E-state index is 0.00542. The number of amides is 1. The molecular weight excluding hydrogens is 374 g/mol. The summed E-state index contributed by atoms with van der Waals surface area (Å²) < 4.78 is 33.7. The Morgan fingerprint density at radius 3 is 2.48 bits per heavy atom. The highest BCUT2D eigenvalue weighted by molar-refractivity contribution is 5.94. The fraction of sp³-hybridized carbons (Fsp3) is 0.696. The van der Waals surface area contributed by atoms with Gasteiger partial charge in [-0.2, -0.15) is 0 Å². The van der Waals surface area contributed by atoms with E-state index in [0.717, 1.165) is 50.9 Å². The summed E-state index contributed by atoms with van der Waals surface area (Å²) in [6, 6.07) is 4.57. The van der Waals surface area contributed by atoms with Crippen molar-refractivity contribution in [1.29, 1.82) is 0 Å². The van der Waals surface area contributed by atoms with Crippen LogP contribution >= 0.6 is 0 Å². The number of likely N-dealkylation sites (tertiary alicyclic amines) is 1. The second-order valence-electron chi connectivity index (χ2n) is 8.86. The Labute approximate surface area is 172 Å². The number of carbonyl (C=O) groups excluding carboxylic acids is 1. The Morgan fingerprint density at radius 2 is 1.79 bits per heavy atom. The molecule has 3 aliphatic rings. The maximum Gasteiger partial charge on any atom is 0.257 e. The largest absolute Gasteiger partial charge is 0.376 e. The number of rotatable bonds is 6. The summed E-state index contributed by atoms with van der Waals surface area (Å²) in [5.41, 5.74) is -0.175. The Hall–Kier alpha value is -1.53. The van der Waals surface area contributed by atoms with Gasteiger partial charge in [0.05, 0.1) is 11.7 Å². The van der Waals surface area contributed by atoms with Crippen molar-refractivity contribution < 1.29 is 18.3 Å². The van der Waals surface area contributed by atoms with Crippen molar-refractivity contribution in [3.8, 4) is 0 Å². The number of hydrogen-bond acceptors (Lipinski definition) is 3. The highest BCUT2D eigenvalue weighted by Crippen LogP contribution is 2.29. The molecule has 2 heterocycles. The molecule has 1 atom stereocenters. The first-order valence-electron chi connectivity index (χ1n) is 11.2. The molecule has 0 aromatic heterocycles. The third-order valence-corrected chi connectivity index (χ3v) is 6.89. The normalized spacial score (nSPS) is 24.3. The lowest BCUT2D eigenvalue weighted by Crippen LogP contribution is -2.45. The van der Waals surface area contributed by atoms with Gasteiger partial charge in [0.2, 0.25) is 0 Å². The smallest absolute Gasteiger partial charge is 0.257 e. The predicted octanol–water partition coefficient (Wildman–Crippen LogP) is 4.24. The zero-order valence-corrected chi connectivity index (χ0v) is 17.1. The first kappa shape index (κ1) is 20.7. The van der Waals surface area contributed by atoms with E-state index >= 15 is 0 Å². The average Bonchev–Trinajstić information content (AvgIpc) is 3.44. The molecule has 1 aliphatic carbocycles. The van der Waals surface area contributed by atoms with Crippen LogP contribution in [0.1, 0.15) is 61.7 Å². The molecule has 0 unspecified atom stereocenters. The van der Waals surface area contributed by atoms with E-state index in [0.29, 0.717) is 25.6 Å². The summed E-state index contributed by atoms with van der Waals surface area (Å²) in [6.45, 7) is 3.91. The van der Waals surface area contributed by atoms with Gasteiger partial charge < -0.3 is 14.5 Å². The molecule has 0 N–H and O–H groups in total. The first-order valence-corrected chi connectivity index (χ1v) is 11.2. The molecule has 1 amide bonds. The van der Waals surface area contributed by atoms with Gasteiger partial charge in [-0.05, 0) is 69.7 Å². The average molecular weight is 407 g/mol. The number of piperidine rings is 1. The topological polar surface area (TPSA) is 32.8 Å². The molecule has 4 rings (SSSR count). The Morgan fingerprint density at radius 1 is 1.03 bits per heavy atom. The van der Waals surface area contributed by atoms with Crippen LogP contribution in [0.3, 0.4) is 0 Å². The quantitative estimate of drug-likeness (QED) is 0.708. The molecule has 1 aromatic rings. The number of carbonyl (C=O) groups is 1. The van der Waals surface area contributed by atoms with Gasteiger partial charge in [0.1, 0.15) is 0 Å². The van der Waals surface area contributed by atoms with Crippen molar-refractivity contribution in [1.82, 2.24) is 9.80 Å². The predicted molar refractivity (Wildman–Crippen MR) is 108 cm³/mol. The van der Waals surface area contributed by atoms with Crippen molar-refractivity contribution in [2.75, 3.05) is 32.8 Å². The van der Waals surface area contributed by atoms with E-state index in [1.165, 1.54) is 37.8 Å². The van der Waals surface area contributed by atoms with Crippen LogP contribution in [0, 0.1) is 17.6 Å². The van der Waals surface area contributed by atoms with Gasteiger partial charge >= 0.3 is 0 Å². The molecule has 1 saturated carbocycles. The fourth-order valence-electron chi connectivity index (χ4n) is 5.20. The summed E-state index contributed by atoms with van der Waals surface area (Å²) in [5, 5.41) is 0. The van der Waals surface area contributed by atoms with Crippen molar-refractivity contribution in [2.24, 2.45) is 5.92 Å². The van der Waals surface area contributed by atoms with Crippen molar-refractivity contribution in [2.45, 2.75) is 63.5 Å². The summed E-state index contributed by atoms with van der Waals surface area (Å²) >= 11 is 0. The molecule has 160 valence electrons. The zero-order valence-electron chi connectivity index (χ0n) is 17.1. The van der Waals surface area contributed by atoms with Crippen LogP contribution in [0.5, 0.6) is 0 Å². The van der Waals surface area contributed by atoms with Crippen molar-refractivity contribution >= 4 is 5.91 Å². The van der Waals surface area contributed by atoms with Crippen molar-refractivity contribution in [3.63, 3.8) is 0 Å². The lowest BCUT2D eigenvalue weighted by molar-refractivity contribution is 0.0425. The summed E-state index contributed by atoms with van der Waals surface area (Å²) in [6.07, 6.45) is 9.31. The highest BCUT2D eigenvalue weighted by Gasteiger charge is 2.31. The second kappa shape index (κ2) is 9.52. The minimum Gasteiger partial charge on any atom is -0.376 e. The SMILES string of the molecule is O=C(c1cccc(F)c1F)N(CC1CCN(C2CCCC2)CC1)C[C@H]1CCCO1. The number of nitrogens with zero attached hydrogens (tertiary/aromatic N) is 2. The third-order valence-electron chi connectivity index (χ3n) is 6.89. The monoisotopic (exact) mass is 406 g/mol. The Kier molecular flexibility index (Phi) is 6.81. The van der Waals surface area contributed by atoms with E-state index in [1.54, 1.807) is 4.90 Å². The molecule has 0 spiro atoms.